The normalized spacial score (nSPS) is 11.9. The average molecular weight is 357 g/mol. The molecule has 0 fully saturated rings. The van der Waals surface area contributed by atoms with E-state index in [1.165, 1.54) is 46.6 Å². The molecule has 0 atom stereocenters. The minimum atomic E-state index is -3.73. The summed E-state index contributed by atoms with van der Waals surface area (Å²) < 4.78 is 26.8. The molecular formula is C17H15N3O4S. The van der Waals surface area contributed by atoms with Crippen LogP contribution in [-0.2, 0) is 19.7 Å². The van der Waals surface area contributed by atoms with E-state index in [4.69, 9.17) is 11.6 Å². The zero-order valence-corrected chi connectivity index (χ0v) is 13.8. The van der Waals surface area contributed by atoms with Gasteiger partial charge in [0.1, 0.15) is 0 Å². The molecule has 0 spiro atoms. The van der Waals surface area contributed by atoms with Gasteiger partial charge in [0.05, 0.1) is 10.4 Å². The van der Waals surface area contributed by atoms with Gasteiger partial charge in [-0.1, -0.05) is 6.07 Å². The van der Waals surface area contributed by atoms with Gasteiger partial charge in [0.15, 0.2) is 0 Å². The lowest BCUT2D eigenvalue weighted by atomic mass is 10.1. The second-order valence-corrected chi connectivity index (χ2v) is 7.09. The van der Waals surface area contributed by atoms with Gasteiger partial charge >= 0.3 is 5.97 Å². The number of carbonyl (C=O) groups is 1. The molecule has 0 aliphatic heterocycles. The van der Waals surface area contributed by atoms with E-state index in [2.05, 4.69) is 4.84 Å². The predicted octanol–water partition coefficient (Wildman–Crippen LogP) is 1.89. The summed E-state index contributed by atoms with van der Waals surface area (Å²) in [5, 5.41) is 0.710. The van der Waals surface area contributed by atoms with Crippen molar-refractivity contribution in [3.05, 3.63) is 66.4 Å². The average Bonchev–Trinajstić information content (AvgIpc) is 3.04. The van der Waals surface area contributed by atoms with E-state index in [1.54, 1.807) is 24.3 Å². The van der Waals surface area contributed by atoms with Crippen LogP contribution in [0.25, 0.3) is 17.0 Å². The van der Waals surface area contributed by atoms with Gasteiger partial charge in [-0.25, -0.2) is 17.2 Å². The van der Waals surface area contributed by atoms with Crippen molar-refractivity contribution < 1.29 is 18.0 Å². The molecule has 0 radical (unpaired) electrons. The highest BCUT2D eigenvalue weighted by Gasteiger charge is 2.18. The quantitative estimate of drug-likeness (QED) is 0.418. The first kappa shape index (κ1) is 16.7. The smallest absolute Gasteiger partial charge is 0.349 e. The Bertz CT molecular complexity index is 1070. The van der Waals surface area contributed by atoms with E-state index in [9.17, 15) is 13.2 Å². The maximum Gasteiger partial charge on any atom is 0.349 e. The number of anilines is 1. The van der Waals surface area contributed by atoms with Crippen molar-refractivity contribution in [2.45, 2.75) is 4.90 Å². The van der Waals surface area contributed by atoms with Crippen LogP contribution in [-0.4, -0.2) is 18.4 Å². The maximum absolute atomic E-state index is 12.8. The van der Waals surface area contributed by atoms with Crippen molar-refractivity contribution in [1.82, 2.24) is 3.97 Å². The second kappa shape index (κ2) is 6.42. The largest absolute Gasteiger partial charge is 0.399 e. The van der Waals surface area contributed by atoms with Crippen LogP contribution in [0.4, 0.5) is 5.69 Å². The van der Waals surface area contributed by atoms with Gasteiger partial charge in [-0.2, -0.15) is 5.90 Å². The molecule has 3 aromatic rings. The van der Waals surface area contributed by atoms with E-state index in [0.29, 0.717) is 22.2 Å². The highest BCUT2D eigenvalue weighted by atomic mass is 32.2. The number of hydrogen-bond acceptors (Lipinski definition) is 6. The van der Waals surface area contributed by atoms with Gasteiger partial charge in [0.25, 0.3) is 10.0 Å². The molecule has 1 heterocycles. The minimum Gasteiger partial charge on any atom is -0.399 e. The van der Waals surface area contributed by atoms with Crippen molar-refractivity contribution in [1.29, 1.82) is 0 Å². The summed E-state index contributed by atoms with van der Waals surface area (Å²) in [5.74, 6) is 4.09. The van der Waals surface area contributed by atoms with Crippen LogP contribution in [0.1, 0.15) is 5.56 Å². The second-order valence-electron chi connectivity index (χ2n) is 5.27. The van der Waals surface area contributed by atoms with E-state index >= 15 is 0 Å². The summed E-state index contributed by atoms with van der Waals surface area (Å²) in [5.41, 5.74) is 7.33. The Morgan fingerprint density at radius 3 is 2.48 bits per heavy atom. The molecule has 8 heteroatoms. The maximum atomic E-state index is 12.8. The summed E-state index contributed by atoms with van der Waals surface area (Å²) in [4.78, 5) is 15.2. The van der Waals surface area contributed by atoms with Crippen molar-refractivity contribution in [2.24, 2.45) is 5.90 Å². The highest BCUT2D eigenvalue weighted by molar-refractivity contribution is 7.90. The van der Waals surface area contributed by atoms with Crippen LogP contribution in [0.2, 0.25) is 0 Å². The molecule has 0 aliphatic carbocycles. The molecule has 0 saturated heterocycles. The molecule has 1 aromatic heterocycles. The fraction of sp³-hybridized carbons (Fsp3) is 0. The van der Waals surface area contributed by atoms with E-state index in [1.807, 2.05) is 0 Å². The number of nitrogens with two attached hydrogens (primary N) is 2. The molecule has 3 rings (SSSR count). The van der Waals surface area contributed by atoms with Crippen molar-refractivity contribution in [2.75, 3.05) is 5.73 Å². The van der Waals surface area contributed by atoms with Gasteiger partial charge in [0.2, 0.25) is 0 Å². The van der Waals surface area contributed by atoms with E-state index in [-0.39, 0.29) is 4.90 Å². The van der Waals surface area contributed by atoms with Crippen molar-refractivity contribution >= 4 is 38.7 Å². The Kier molecular flexibility index (Phi) is 4.30. The molecular weight excluding hydrogens is 342 g/mol. The van der Waals surface area contributed by atoms with E-state index < -0.39 is 16.0 Å². The first-order valence-electron chi connectivity index (χ1n) is 7.23. The van der Waals surface area contributed by atoms with Gasteiger partial charge < -0.3 is 10.6 Å². The number of rotatable bonds is 4. The molecule has 0 amide bonds. The Labute approximate surface area is 144 Å². The van der Waals surface area contributed by atoms with Gasteiger partial charge in [-0.15, -0.1) is 0 Å². The van der Waals surface area contributed by atoms with Crippen molar-refractivity contribution in [3.8, 4) is 0 Å². The molecule has 128 valence electrons. The zero-order valence-electron chi connectivity index (χ0n) is 13.0. The third kappa shape index (κ3) is 3.25. The number of hydrogen-bond donors (Lipinski definition) is 2. The van der Waals surface area contributed by atoms with Crippen LogP contribution in [0.3, 0.4) is 0 Å². The summed E-state index contributed by atoms with van der Waals surface area (Å²) >= 11 is 0. The lowest BCUT2D eigenvalue weighted by Gasteiger charge is -2.08. The third-order valence-electron chi connectivity index (χ3n) is 3.64. The number of fused-ring (bicyclic) bond motifs is 1. The Balaban J connectivity index is 2.02. The third-order valence-corrected chi connectivity index (χ3v) is 5.35. The molecule has 4 N–H and O–H groups in total. The topological polar surface area (TPSA) is 117 Å². The van der Waals surface area contributed by atoms with Gasteiger partial charge in [-0.05, 0) is 54.1 Å². The molecule has 0 unspecified atom stereocenters. The van der Waals surface area contributed by atoms with Crippen LogP contribution >= 0.6 is 0 Å². The van der Waals surface area contributed by atoms with Crippen LogP contribution < -0.4 is 11.6 Å². The Hall–Kier alpha value is -3.10. The lowest BCUT2D eigenvalue weighted by Crippen LogP contribution is -2.11. The molecule has 7 nitrogen and oxygen atoms in total. The highest BCUT2D eigenvalue weighted by Crippen LogP contribution is 2.24. The lowest BCUT2D eigenvalue weighted by molar-refractivity contribution is -0.138. The summed E-state index contributed by atoms with van der Waals surface area (Å²) in [6.07, 6.45) is 4.20. The number of aromatic nitrogens is 1. The van der Waals surface area contributed by atoms with Crippen LogP contribution in [0.5, 0.6) is 0 Å². The summed E-state index contributed by atoms with van der Waals surface area (Å²) in [7, 11) is -3.73. The number of nitrogen functional groups attached to an aromatic ring is 1. The molecule has 0 saturated carbocycles. The number of nitrogens with zero attached hydrogens (tertiary/aromatic N) is 1. The molecule has 25 heavy (non-hydrogen) atoms. The predicted molar refractivity (Wildman–Crippen MR) is 94.7 cm³/mol. The van der Waals surface area contributed by atoms with Crippen LogP contribution in [0, 0.1) is 0 Å². The van der Waals surface area contributed by atoms with Crippen LogP contribution in [0.15, 0.2) is 65.7 Å². The number of benzene rings is 2. The van der Waals surface area contributed by atoms with E-state index in [0.717, 1.165) is 0 Å². The molecule has 0 aliphatic rings. The number of carbonyl (C=O) groups excluding carboxylic acids is 1. The molecule has 0 bridgehead atoms. The SMILES string of the molecule is NOC(=O)/C=C/c1ccc2c(ccn2S(=O)(=O)c2ccc(N)cc2)c1. The fourth-order valence-corrected chi connectivity index (χ4v) is 3.76. The van der Waals surface area contributed by atoms with Gasteiger partial charge in [-0.3, -0.25) is 0 Å². The first-order chi connectivity index (χ1) is 11.9. The van der Waals surface area contributed by atoms with Crippen molar-refractivity contribution in [3.63, 3.8) is 0 Å². The Morgan fingerprint density at radius 1 is 1.08 bits per heavy atom. The fourth-order valence-electron chi connectivity index (χ4n) is 2.41. The minimum absolute atomic E-state index is 0.147. The Morgan fingerprint density at radius 2 is 1.80 bits per heavy atom. The summed E-state index contributed by atoms with van der Waals surface area (Å²) in [6, 6.07) is 12.8. The van der Waals surface area contributed by atoms with Gasteiger partial charge in [0, 0.05) is 23.3 Å². The first-order valence-corrected chi connectivity index (χ1v) is 8.67. The molecule has 2 aromatic carbocycles. The summed E-state index contributed by atoms with van der Waals surface area (Å²) in [6.45, 7) is 0. The zero-order chi connectivity index (χ0) is 18.0. The standard InChI is InChI=1S/C17H15N3O4S/c18-14-3-5-15(6-4-14)25(22,23)20-10-9-13-11-12(1-7-16(13)20)2-8-17(21)24-19/h1-11H,18-19H2/b8-2+. The monoisotopic (exact) mass is 357 g/mol.